The Labute approximate surface area is 75.4 Å². The van der Waals surface area contributed by atoms with Gasteiger partial charge in [0.25, 0.3) is 0 Å². The van der Waals surface area contributed by atoms with Crippen LogP contribution in [0, 0.1) is 6.92 Å². The Morgan fingerprint density at radius 1 is 1.50 bits per heavy atom. The third-order valence-corrected chi connectivity index (χ3v) is 2.92. The number of carbonyl (C=O) groups excluding carboxylic acids is 1. The second kappa shape index (κ2) is 2.83. The summed E-state index contributed by atoms with van der Waals surface area (Å²) in [5, 5.41) is 2.87. The van der Waals surface area contributed by atoms with Gasteiger partial charge in [-0.05, 0) is 18.6 Å². The molecule has 0 radical (unpaired) electrons. The van der Waals surface area contributed by atoms with Crippen LogP contribution in [-0.2, 0) is 4.79 Å². The summed E-state index contributed by atoms with van der Waals surface area (Å²) < 4.78 is 0. The molecule has 1 aliphatic heterocycles. The lowest BCUT2D eigenvalue weighted by molar-refractivity contribution is -0.113. The number of amides is 1. The van der Waals surface area contributed by atoms with Gasteiger partial charge in [0.15, 0.2) is 0 Å². The third-order valence-electron chi connectivity index (χ3n) is 1.86. The molecule has 1 amide bonds. The standard InChI is InChI=1S/C9H9NOS/c1-6-3-2-4-7-9(6)10-8(11)5-12-7/h2-4H,5H2,1H3,(H,10,11). The predicted molar refractivity (Wildman–Crippen MR) is 50.5 cm³/mol. The van der Waals surface area contributed by atoms with E-state index >= 15 is 0 Å². The predicted octanol–water partition coefficient (Wildman–Crippen LogP) is 2.04. The Morgan fingerprint density at radius 2 is 2.33 bits per heavy atom. The Balaban J connectivity index is 2.50. The summed E-state index contributed by atoms with van der Waals surface area (Å²) in [6.07, 6.45) is 0. The zero-order valence-corrected chi connectivity index (χ0v) is 7.57. The van der Waals surface area contributed by atoms with Crippen LogP contribution in [0.1, 0.15) is 5.56 Å². The molecular formula is C9H9NOS. The maximum Gasteiger partial charge on any atom is 0.234 e. The molecule has 12 heavy (non-hydrogen) atoms. The number of anilines is 1. The van der Waals surface area contributed by atoms with Gasteiger partial charge in [-0.25, -0.2) is 0 Å². The molecule has 3 heteroatoms. The van der Waals surface area contributed by atoms with Crippen LogP contribution >= 0.6 is 11.8 Å². The molecule has 0 aliphatic carbocycles. The number of hydrogen-bond acceptors (Lipinski definition) is 2. The van der Waals surface area contributed by atoms with Gasteiger partial charge in [0.2, 0.25) is 5.91 Å². The fraction of sp³-hybridized carbons (Fsp3) is 0.222. The van der Waals surface area contributed by atoms with E-state index in [0.717, 1.165) is 11.3 Å². The smallest absolute Gasteiger partial charge is 0.234 e. The van der Waals surface area contributed by atoms with Crippen LogP contribution in [0.15, 0.2) is 23.1 Å². The van der Waals surface area contributed by atoms with Crippen molar-refractivity contribution in [3.8, 4) is 0 Å². The Hall–Kier alpha value is -0.960. The number of thioether (sulfide) groups is 1. The molecule has 2 nitrogen and oxygen atoms in total. The Bertz CT molecular complexity index is 335. The number of carbonyl (C=O) groups is 1. The lowest BCUT2D eigenvalue weighted by atomic mass is 10.2. The number of rotatable bonds is 0. The normalized spacial score (nSPS) is 15.2. The minimum atomic E-state index is 0.0989. The van der Waals surface area contributed by atoms with Gasteiger partial charge in [0.05, 0.1) is 11.4 Å². The molecule has 0 saturated heterocycles. The number of nitrogens with one attached hydrogen (secondary N) is 1. The van der Waals surface area contributed by atoms with E-state index in [1.54, 1.807) is 11.8 Å². The number of aryl methyl sites for hydroxylation is 1. The number of benzene rings is 1. The van der Waals surface area contributed by atoms with Crippen molar-refractivity contribution in [3.63, 3.8) is 0 Å². The molecule has 0 unspecified atom stereocenters. The summed E-state index contributed by atoms with van der Waals surface area (Å²) in [6, 6.07) is 6.05. The zero-order valence-electron chi connectivity index (χ0n) is 6.76. The highest BCUT2D eigenvalue weighted by Crippen LogP contribution is 2.33. The van der Waals surface area contributed by atoms with Crippen LogP contribution in [0.5, 0.6) is 0 Å². The lowest BCUT2D eigenvalue weighted by Gasteiger charge is -2.17. The molecule has 0 spiro atoms. The van der Waals surface area contributed by atoms with Crippen molar-refractivity contribution in [2.75, 3.05) is 11.1 Å². The molecule has 0 bridgehead atoms. The highest BCUT2D eigenvalue weighted by atomic mass is 32.2. The van der Waals surface area contributed by atoms with E-state index in [-0.39, 0.29) is 5.91 Å². The molecule has 0 aromatic heterocycles. The minimum absolute atomic E-state index is 0.0989. The largest absolute Gasteiger partial charge is 0.324 e. The molecule has 1 aromatic carbocycles. The van der Waals surface area contributed by atoms with Crippen LogP contribution < -0.4 is 5.32 Å². The fourth-order valence-electron chi connectivity index (χ4n) is 1.24. The van der Waals surface area contributed by atoms with E-state index in [1.165, 1.54) is 4.90 Å². The van der Waals surface area contributed by atoms with Crippen molar-refractivity contribution in [3.05, 3.63) is 23.8 Å². The maximum absolute atomic E-state index is 11.0. The average Bonchev–Trinajstić information content (AvgIpc) is 2.07. The highest BCUT2D eigenvalue weighted by molar-refractivity contribution is 8.00. The first-order valence-electron chi connectivity index (χ1n) is 3.79. The SMILES string of the molecule is Cc1cccc2c1NC(=O)CS2. The summed E-state index contributed by atoms with van der Waals surface area (Å²) in [4.78, 5) is 12.2. The van der Waals surface area contributed by atoms with Gasteiger partial charge in [0, 0.05) is 4.90 Å². The van der Waals surface area contributed by atoms with Crippen LogP contribution in [0.25, 0.3) is 0 Å². The summed E-state index contributed by atoms with van der Waals surface area (Å²) in [5.74, 6) is 0.637. The van der Waals surface area contributed by atoms with Gasteiger partial charge in [-0.2, -0.15) is 0 Å². The molecule has 1 heterocycles. The third kappa shape index (κ3) is 1.20. The first-order chi connectivity index (χ1) is 5.77. The molecule has 62 valence electrons. The zero-order chi connectivity index (χ0) is 8.55. The van der Waals surface area contributed by atoms with E-state index in [2.05, 4.69) is 5.32 Å². The van der Waals surface area contributed by atoms with Crippen molar-refractivity contribution < 1.29 is 4.79 Å². The molecular weight excluding hydrogens is 170 g/mol. The second-order valence-corrected chi connectivity index (χ2v) is 3.80. The highest BCUT2D eigenvalue weighted by Gasteiger charge is 2.15. The average molecular weight is 179 g/mol. The van der Waals surface area contributed by atoms with Crippen molar-refractivity contribution in [1.29, 1.82) is 0 Å². The number of fused-ring (bicyclic) bond motifs is 1. The van der Waals surface area contributed by atoms with Gasteiger partial charge in [0.1, 0.15) is 0 Å². The molecule has 0 fully saturated rings. The van der Waals surface area contributed by atoms with Crippen molar-refractivity contribution in [2.45, 2.75) is 11.8 Å². The van der Waals surface area contributed by atoms with E-state index in [1.807, 2.05) is 25.1 Å². The maximum atomic E-state index is 11.0. The summed E-state index contributed by atoms with van der Waals surface area (Å²) in [7, 11) is 0. The van der Waals surface area contributed by atoms with E-state index in [0.29, 0.717) is 5.75 Å². The van der Waals surface area contributed by atoms with Gasteiger partial charge in [-0.1, -0.05) is 12.1 Å². The topological polar surface area (TPSA) is 29.1 Å². The van der Waals surface area contributed by atoms with E-state index in [9.17, 15) is 4.79 Å². The molecule has 2 rings (SSSR count). The summed E-state index contributed by atoms with van der Waals surface area (Å²) in [5.41, 5.74) is 2.12. The quantitative estimate of drug-likeness (QED) is 0.660. The van der Waals surface area contributed by atoms with Gasteiger partial charge < -0.3 is 5.32 Å². The summed E-state index contributed by atoms with van der Waals surface area (Å²) >= 11 is 1.60. The molecule has 0 atom stereocenters. The van der Waals surface area contributed by atoms with E-state index in [4.69, 9.17) is 0 Å². The van der Waals surface area contributed by atoms with Crippen LogP contribution in [0.2, 0.25) is 0 Å². The van der Waals surface area contributed by atoms with Gasteiger partial charge in [-0.3, -0.25) is 4.79 Å². The van der Waals surface area contributed by atoms with Crippen LogP contribution in [0.3, 0.4) is 0 Å². The first kappa shape index (κ1) is 7.68. The van der Waals surface area contributed by atoms with Crippen molar-refractivity contribution in [2.24, 2.45) is 0 Å². The molecule has 1 aliphatic rings. The lowest BCUT2D eigenvalue weighted by Crippen LogP contribution is -2.19. The monoisotopic (exact) mass is 179 g/mol. The Morgan fingerprint density at radius 3 is 3.17 bits per heavy atom. The molecule has 1 N–H and O–H groups in total. The van der Waals surface area contributed by atoms with Crippen molar-refractivity contribution in [1.82, 2.24) is 0 Å². The Kier molecular flexibility index (Phi) is 1.81. The van der Waals surface area contributed by atoms with Crippen LogP contribution in [0.4, 0.5) is 5.69 Å². The fourth-order valence-corrected chi connectivity index (χ4v) is 2.13. The second-order valence-electron chi connectivity index (χ2n) is 2.78. The molecule has 0 saturated carbocycles. The number of para-hydroxylation sites is 1. The summed E-state index contributed by atoms with van der Waals surface area (Å²) in [6.45, 7) is 2.00. The van der Waals surface area contributed by atoms with Crippen molar-refractivity contribution >= 4 is 23.4 Å². The minimum Gasteiger partial charge on any atom is -0.324 e. The number of hydrogen-bond donors (Lipinski definition) is 1. The van der Waals surface area contributed by atoms with Gasteiger partial charge in [-0.15, -0.1) is 11.8 Å². The van der Waals surface area contributed by atoms with Gasteiger partial charge >= 0.3 is 0 Å². The molecule has 1 aromatic rings. The van der Waals surface area contributed by atoms with Crippen LogP contribution in [-0.4, -0.2) is 11.7 Å². The first-order valence-corrected chi connectivity index (χ1v) is 4.78. The van der Waals surface area contributed by atoms with E-state index < -0.39 is 0 Å².